The predicted molar refractivity (Wildman–Crippen MR) is 117 cm³/mol. The highest BCUT2D eigenvalue weighted by Gasteiger charge is 2.20. The monoisotopic (exact) mass is 490 g/mol. The number of piperazine rings is 1. The van der Waals surface area contributed by atoms with Crippen LogP contribution in [0.5, 0.6) is 5.75 Å². The van der Waals surface area contributed by atoms with Crippen LogP contribution in [-0.2, 0) is 6.54 Å². The van der Waals surface area contributed by atoms with E-state index in [0.29, 0.717) is 6.54 Å². The molecule has 2 heterocycles. The Labute approximate surface area is 174 Å². The predicted octanol–water partition coefficient (Wildman–Crippen LogP) is 3.41. The zero-order valence-corrected chi connectivity index (χ0v) is 18.1. The van der Waals surface area contributed by atoms with Crippen LogP contribution in [0.15, 0.2) is 40.7 Å². The van der Waals surface area contributed by atoms with Gasteiger partial charge in [0.25, 0.3) is 0 Å². The number of guanidine groups is 1. The van der Waals surface area contributed by atoms with E-state index in [1.54, 1.807) is 24.5 Å². The summed E-state index contributed by atoms with van der Waals surface area (Å²) in [5.41, 5.74) is 0.858. The molecular weight excluding hydrogens is 466 g/mol. The number of hydrogen-bond donors (Lipinski definition) is 1. The number of nitrogens with zero attached hydrogens (tertiary/aromatic N) is 3. The van der Waals surface area contributed by atoms with Crippen molar-refractivity contribution in [2.45, 2.75) is 6.54 Å². The van der Waals surface area contributed by atoms with Gasteiger partial charge in [0.15, 0.2) is 17.5 Å². The lowest BCUT2D eigenvalue weighted by molar-refractivity contribution is 0.373. The van der Waals surface area contributed by atoms with Gasteiger partial charge in [0.1, 0.15) is 0 Å². The third-order valence-electron chi connectivity index (χ3n) is 4.28. The maximum Gasteiger partial charge on any atom is 0.194 e. The van der Waals surface area contributed by atoms with Crippen molar-refractivity contribution in [1.29, 1.82) is 0 Å². The molecule has 5 nitrogen and oxygen atoms in total. The molecule has 2 aromatic rings. The normalized spacial score (nSPS) is 14.8. The van der Waals surface area contributed by atoms with E-state index in [2.05, 4.69) is 37.6 Å². The fraction of sp³-hybridized carbons (Fsp3) is 0.389. The van der Waals surface area contributed by atoms with Crippen LogP contribution in [0.25, 0.3) is 0 Å². The standard InChI is InChI=1S/C18H23FN4OS.HI/c1-20-18(21-13-14-5-6-16(24-2)15(19)12-14)23-9-7-22(8-10-23)17-4-3-11-25-17;/h3-6,11-12H,7-10,13H2,1-2H3,(H,20,21);1H. The van der Waals surface area contributed by atoms with Gasteiger partial charge in [-0.25, -0.2) is 4.39 Å². The summed E-state index contributed by atoms with van der Waals surface area (Å²) in [4.78, 5) is 9.00. The van der Waals surface area contributed by atoms with E-state index >= 15 is 0 Å². The second-order valence-electron chi connectivity index (χ2n) is 5.80. The van der Waals surface area contributed by atoms with Crippen LogP contribution in [0.2, 0.25) is 0 Å². The molecule has 0 saturated carbocycles. The lowest BCUT2D eigenvalue weighted by Gasteiger charge is -2.37. The number of thiophene rings is 1. The van der Waals surface area contributed by atoms with Gasteiger partial charge in [-0.3, -0.25) is 4.99 Å². The fourth-order valence-electron chi connectivity index (χ4n) is 2.92. The van der Waals surface area contributed by atoms with Crippen molar-refractivity contribution in [2.75, 3.05) is 45.2 Å². The van der Waals surface area contributed by atoms with Crippen LogP contribution in [0.4, 0.5) is 9.39 Å². The molecular formula is C18H24FIN4OS. The largest absolute Gasteiger partial charge is 0.494 e. The van der Waals surface area contributed by atoms with Gasteiger partial charge in [0.2, 0.25) is 0 Å². The van der Waals surface area contributed by atoms with Crippen molar-refractivity contribution in [3.8, 4) is 5.75 Å². The molecule has 1 fully saturated rings. The van der Waals surface area contributed by atoms with E-state index in [-0.39, 0.29) is 35.5 Å². The summed E-state index contributed by atoms with van der Waals surface area (Å²) < 4.78 is 18.7. The third-order valence-corrected chi connectivity index (χ3v) is 5.20. The first-order valence-corrected chi connectivity index (χ1v) is 9.15. The fourth-order valence-corrected chi connectivity index (χ4v) is 3.71. The first kappa shape index (κ1) is 20.8. The molecule has 1 aromatic carbocycles. The third kappa shape index (κ3) is 5.00. The maximum absolute atomic E-state index is 13.8. The molecule has 0 amide bonds. The number of methoxy groups -OCH3 is 1. The Balaban J connectivity index is 0.00000243. The maximum atomic E-state index is 13.8. The zero-order chi connectivity index (χ0) is 17.6. The van der Waals surface area contributed by atoms with Gasteiger partial charge in [-0.1, -0.05) is 6.07 Å². The highest BCUT2D eigenvalue weighted by molar-refractivity contribution is 14.0. The van der Waals surface area contributed by atoms with Crippen molar-refractivity contribution in [3.63, 3.8) is 0 Å². The average molecular weight is 490 g/mol. The van der Waals surface area contributed by atoms with Crippen LogP contribution < -0.4 is 15.0 Å². The Kier molecular flexibility index (Phi) is 7.95. The first-order chi connectivity index (χ1) is 12.2. The summed E-state index contributed by atoms with van der Waals surface area (Å²) in [5.74, 6) is 0.765. The molecule has 1 aliphatic heterocycles. The smallest absolute Gasteiger partial charge is 0.194 e. The second kappa shape index (κ2) is 9.96. The Hall–Kier alpha value is -1.55. The molecule has 8 heteroatoms. The molecule has 142 valence electrons. The molecule has 1 aromatic heterocycles. The average Bonchev–Trinajstić information content (AvgIpc) is 3.17. The van der Waals surface area contributed by atoms with E-state index in [1.807, 2.05) is 6.07 Å². The summed E-state index contributed by atoms with van der Waals surface area (Å²) in [6.07, 6.45) is 0. The van der Waals surface area contributed by atoms with E-state index in [1.165, 1.54) is 18.2 Å². The quantitative estimate of drug-likeness (QED) is 0.405. The number of nitrogens with one attached hydrogen (secondary N) is 1. The minimum Gasteiger partial charge on any atom is -0.494 e. The SMILES string of the molecule is CN=C(NCc1ccc(OC)c(F)c1)N1CCN(c2cccs2)CC1.I. The molecule has 0 bridgehead atoms. The number of anilines is 1. The zero-order valence-electron chi connectivity index (χ0n) is 14.9. The highest BCUT2D eigenvalue weighted by Crippen LogP contribution is 2.22. The first-order valence-electron chi connectivity index (χ1n) is 8.27. The van der Waals surface area contributed by atoms with Crippen LogP contribution in [0.1, 0.15) is 5.56 Å². The molecule has 3 rings (SSSR count). The van der Waals surface area contributed by atoms with E-state index in [4.69, 9.17) is 4.74 Å². The van der Waals surface area contributed by atoms with Gasteiger partial charge in [0, 0.05) is 39.8 Å². The van der Waals surface area contributed by atoms with E-state index < -0.39 is 0 Å². The lowest BCUT2D eigenvalue weighted by Crippen LogP contribution is -2.52. The highest BCUT2D eigenvalue weighted by atomic mass is 127. The molecule has 1 N–H and O–H groups in total. The Morgan fingerprint density at radius 1 is 1.27 bits per heavy atom. The summed E-state index contributed by atoms with van der Waals surface area (Å²) in [6, 6.07) is 9.24. The van der Waals surface area contributed by atoms with Crippen molar-refractivity contribution in [2.24, 2.45) is 4.99 Å². The van der Waals surface area contributed by atoms with Crippen molar-refractivity contribution < 1.29 is 9.13 Å². The van der Waals surface area contributed by atoms with Gasteiger partial charge in [-0.15, -0.1) is 35.3 Å². The number of halogens is 2. The Bertz CT molecular complexity index is 718. The lowest BCUT2D eigenvalue weighted by atomic mass is 10.2. The van der Waals surface area contributed by atoms with Crippen LogP contribution >= 0.6 is 35.3 Å². The van der Waals surface area contributed by atoms with Crippen molar-refractivity contribution >= 4 is 46.3 Å². The molecule has 0 radical (unpaired) electrons. The minimum atomic E-state index is -0.346. The molecule has 0 spiro atoms. The van der Waals surface area contributed by atoms with Gasteiger partial charge < -0.3 is 19.9 Å². The van der Waals surface area contributed by atoms with Crippen LogP contribution in [-0.4, -0.2) is 51.2 Å². The summed E-state index contributed by atoms with van der Waals surface area (Å²) in [5, 5.41) is 6.75. The van der Waals surface area contributed by atoms with Gasteiger partial charge in [-0.2, -0.15) is 0 Å². The van der Waals surface area contributed by atoms with Gasteiger partial charge in [-0.05, 0) is 35.2 Å². The second-order valence-corrected chi connectivity index (χ2v) is 6.72. The van der Waals surface area contributed by atoms with Crippen LogP contribution in [0, 0.1) is 5.82 Å². The number of rotatable bonds is 4. The molecule has 0 aliphatic carbocycles. The molecule has 1 aliphatic rings. The Morgan fingerprint density at radius 2 is 2.04 bits per heavy atom. The summed E-state index contributed by atoms with van der Waals surface area (Å²) in [6.45, 7) is 4.29. The van der Waals surface area contributed by atoms with Gasteiger partial charge >= 0.3 is 0 Å². The van der Waals surface area contributed by atoms with Crippen molar-refractivity contribution in [1.82, 2.24) is 10.2 Å². The van der Waals surface area contributed by atoms with Crippen molar-refractivity contribution in [3.05, 3.63) is 47.1 Å². The molecule has 1 saturated heterocycles. The topological polar surface area (TPSA) is 40.1 Å². The number of aliphatic imine (C=N–C) groups is 1. The van der Waals surface area contributed by atoms with E-state index in [9.17, 15) is 4.39 Å². The van der Waals surface area contributed by atoms with Crippen LogP contribution in [0.3, 0.4) is 0 Å². The Morgan fingerprint density at radius 3 is 2.62 bits per heavy atom. The minimum absolute atomic E-state index is 0. The number of benzene rings is 1. The van der Waals surface area contributed by atoms with Gasteiger partial charge in [0.05, 0.1) is 12.1 Å². The number of hydrogen-bond acceptors (Lipinski definition) is 4. The molecule has 26 heavy (non-hydrogen) atoms. The molecule has 0 atom stereocenters. The molecule has 0 unspecified atom stereocenters. The summed E-state index contributed by atoms with van der Waals surface area (Å²) >= 11 is 1.77. The number of ether oxygens (including phenoxy) is 1. The summed E-state index contributed by atoms with van der Waals surface area (Å²) in [7, 11) is 3.25. The van der Waals surface area contributed by atoms with E-state index in [0.717, 1.165) is 37.7 Å².